The molecule has 0 saturated heterocycles. The van der Waals surface area contributed by atoms with Crippen LogP contribution in [-0.2, 0) is 13.0 Å². The van der Waals surface area contributed by atoms with E-state index in [1.165, 1.54) is 17.7 Å². The summed E-state index contributed by atoms with van der Waals surface area (Å²) in [6, 6.07) is 24.5. The molecular weight excluding hydrogens is 351 g/mol. The molecule has 0 unspecified atom stereocenters. The smallest absolute Gasteiger partial charge is 0.198 e. The summed E-state index contributed by atoms with van der Waals surface area (Å²) in [6.45, 7) is 0.709. The number of nitrogens with zero attached hydrogens (tertiary/aromatic N) is 4. The zero-order valence-electron chi connectivity index (χ0n) is 15.1. The maximum Gasteiger partial charge on any atom is 0.198 e. The molecule has 0 radical (unpaired) electrons. The Morgan fingerprint density at radius 1 is 0.714 bits per heavy atom. The Balaban J connectivity index is 1.67. The molecule has 3 aromatic carbocycles. The third-order valence-electron chi connectivity index (χ3n) is 4.83. The molecule has 0 aliphatic heterocycles. The van der Waals surface area contributed by atoms with Gasteiger partial charge in [0, 0.05) is 12.1 Å². The zero-order valence-corrected chi connectivity index (χ0v) is 15.1. The first-order chi connectivity index (χ1) is 13.8. The first-order valence-electron chi connectivity index (χ1n) is 9.21. The van der Waals surface area contributed by atoms with Crippen molar-refractivity contribution in [3.05, 3.63) is 90.2 Å². The molecule has 5 aromatic rings. The van der Waals surface area contributed by atoms with Crippen LogP contribution in [0.2, 0.25) is 0 Å². The molecule has 5 heteroatoms. The minimum absolute atomic E-state index is 0.266. The molecule has 2 aromatic heterocycles. The molecule has 0 N–H and O–H groups in total. The fourth-order valence-corrected chi connectivity index (χ4v) is 3.42. The lowest BCUT2D eigenvalue weighted by Gasteiger charge is -2.09. The summed E-state index contributed by atoms with van der Waals surface area (Å²) in [5.41, 5.74) is 5.08. The van der Waals surface area contributed by atoms with Gasteiger partial charge in [0.25, 0.3) is 0 Å². The average molecular weight is 368 g/mol. The summed E-state index contributed by atoms with van der Waals surface area (Å²) in [5.74, 6) is 0.485. The van der Waals surface area contributed by atoms with Crippen molar-refractivity contribution < 1.29 is 4.39 Å². The lowest BCUT2D eigenvalue weighted by Crippen LogP contribution is -2.05. The molecule has 0 amide bonds. The second-order valence-electron chi connectivity index (χ2n) is 6.69. The van der Waals surface area contributed by atoms with E-state index in [1.54, 1.807) is 12.1 Å². The number of imidazole rings is 1. The third-order valence-corrected chi connectivity index (χ3v) is 4.83. The molecule has 0 atom stereocenters. The lowest BCUT2D eigenvalue weighted by molar-refractivity contribution is 0.628. The number of hydrogen-bond acceptors (Lipinski definition) is 3. The van der Waals surface area contributed by atoms with Gasteiger partial charge in [0.2, 0.25) is 0 Å². The van der Waals surface area contributed by atoms with Crippen molar-refractivity contribution in [1.82, 2.24) is 19.5 Å². The molecule has 2 heterocycles. The van der Waals surface area contributed by atoms with E-state index in [2.05, 4.69) is 21.7 Å². The quantitative estimate of drug-likeness (QED) is 0.447. The molecule has 0 spiro atoms. The Bertz CT molecular complexity index is 1260. The number of para-hydroxylation sites is 2. The zero-order chi connectivity index (χ0) is 18.9. The standard InChI is InChI=1S/C23H17FN4/c24-18-12-10-17(11-13-18)22-27-21-23(26-20-9-5-4-8-19(20)25-21)28(22)15-14-16-6-2-1-3-7-16/h1-13H,14-15H2. The summed E-state index contributed by atoms with van der Waals surface area (Å²) in [5, 5.41) is 0. The van der Waals surface area contributed by atoms with Gasteiger partial charge < -0.3 is 4.57 Å². The highest BCUT2D eigenvalue weighted by atomic mass is 19.1. The van der Waals surface area contributed by atoms with E-state index < -0.39 is 0 Å². The van der Waals surface area contributed by atoms with Gasteiger partial charge in [-0.15, -0.1) is 0 Å². The van der Waals surface area contributed by atoms with Crippen LogP contribution in [0.1, 0.15) is 5.56 Å². The van der Waals surface area contributed by atoms with E-state index in [0.29, 0.717) is 12.2 Å². The third kappa shape index (κ3) is 3.01. The van der Waals surface area contributed by atoms with E-state index in [4.69, 9.17) is 9.97 Å². The number of fused-ring (bicyclic) bond motifs is 2. The highest BCUT2D eigenvalue weighted by Crippen LogP contribution is 2.25. The Morgan fingerprint density at radius 2 is 1.39 bits per heavy atom. The Hall–Kier alpha value is -3.60. The Labute approximate surface area is 161 Å². The van der Waals surface area contributed by atoms with Crippen molar-refractivity contribution in [3.63, 3.8) is 0 Å². The van der Waals surface area contributed by atoms with Crippen molar-refractivity contribution in [1.29, 1.82) is 0 Å². The predicted molar refractivity (Wildman–Crippen MR) is 108 cm³/mol. The topological polar surface area (TPSA) is 43.6 Å². The normalized spacial score (nSPS) is 11.3. The van der Waals surface area contributed by atoms with E-state index in [9.17, 15) is 4.39 Å². The van der Waals surface area contributed by atoms with Gasteiger partial charge in [-0.2, -0.15) is 0 Å². The van der Waals surface area contributed by atoms with Crippen LogP contribution in [0.3, 0.4) is 0 Å². The van der Waals surface area contributed by atoms with E-state index in [-0.39, 0.29) is 5.82 Å². The van der Waals surface area contributed by atoms with Crippen LogP contribution in [0.5, 0.6) is 0 Å². The summed E-state index contributed by atoms with van der Waals surface area (Å²) in [6.07, 6.45) is 0.842. The molecule has 4 nitrogen and oxygen atoms in total. The van der Waals surface area contributed by atoms with Crippen LogP contribution >= 0.6 is 0 Å². The van der Waals surface area contributed by atoms with Gasteiger partial charge >= 0.3 is 0 Å². The number of aromatic nitrogens is 4. The second-order valence-corrected chi connectivity index (χ2v) is 6.69. The van der Waals surface area contributed by atoms with Gasteiger partial charge in [-0.3, -0.25) is 0 Å². The molecule has 0 saturated carbocycles. The highest BCUT2D eigenvalue weighted by molar-refractivity contribution is 5.84. The van der Waals surface area contributed by atoms with Crippen molar-refractivity contribution in [3.8, 4) is 11.4 Å². The predicted octanol–water partition coefficient (Wildman–Crippen LogP) is 5.03. The highest BCUT2D eigenvalue weighted by Gasteiger charge is 2.16. The lowest BCUT2D eigenvalue weighted by atomic mass is 10.1. The number of aryl methyl sites for hydroxylation is 2. The minimum Gasteiger partial charge on any atom is -0.307 e. The Kier molecular flexibility index (Phi) is 4.05. The number of rotatable bonds is 4. The summed E-state index contributed by atoms with van der Waals surface area (Å²) < 4.78 is 15.5. The van der Waals surface area contributed by atoms with Gasteiger partial charge in [-0.25, -0.2) is 19.3 Å². The molecule has 28 heavy (non-hydrogen) atoms. The first kappa shape index (κ1) is 16.6. The number of benzene rings is 3. The molecule has 0 bridgehead atoms. The van der Waals surface area contributed by atoms with Crippen molar-refractivity contribution in [2.75, 3.05) is 0 Å². The maximum atomic E-state index is 13.4. The average Bonchev–Trinajstić information content (AvgIpc) is 3.09. The van der Waals surface area contributed by atoms with Crippen LogP contribution in [0.15, 0.2) is 78.9 Å². The van der Waals surface area contributed by atoms with Crippen LogP contribution in [-0.4, -0.2) is 19.5 Å². The Morgan fingerprint density at radius 3 is 2.14 bits per heavy atom. The maximum absolute atomic E-state index is 13.4. The molecule has 5 rings (SSSR count). The van der Waals surface area contributed by atoms with Crippen LogP contribution in [0, 0.1) is 5.82 Å². The fourth-order valence-electron chi connectivity index (χ4n) is 3.42. The molecule has 0 aliphatic carbocycles. The molecular formula is C23H17FN4. The summed E-state index contributed by atoms with van der Waals surface area (Å²) >= 11 is 0. The summed E-state index contributed by atoms with van der Waals surface area (Å²) in [7, 11) is 0. The molecule has 136 valence electrons. The number of hydrogen-bond donors (Lipinski definition) is 0. The van der Waals surface area contributed by atoms with Gasteiger partial charge in [0.05, 0.1) is 11.0 Å². The van der Waals surface area contributed by atoms with Gasteiger partial charge in [-0.1, -0.05) is 42.5 Å². The van der Waals surface area contributed by atoms with Crippen molar-refractivity contribution in [2.45, 2.75) is 13.0 Å². The van der Waals surface area contributed by atoms with Gasteiger partial charge in [0.15, 0.2) is 11.3 Å². The van der Waals surface area contributed by atoms with Gasteiger partial charge in [-0.05, 0) is 48.4 Å². The second kappa shape index (κ2) is 6.85. The van der Waals surface area contributed by atoms with E-state index >= 15 is 0 Å². The van der Waals surface area contributed by atoms with Crippen LogP contribution in [0.4, 0.5) is 4.39 Å². The fraction of sp³-hybridized carbons (Fsp3) is 0.0870. The van der Waals surface area contributed by atoms with Crippen LogP contribution in [0.25, 0.3) is 33.7 Å². The molecule has 0 aliphatic rings. The summed E-state index contributed by atoms with van der Waals surface area (Å²) in [4.78, 5) is 14.2. The molecule has 0 fully saturated rings. The minimum atomic E-state index is -0.266. The van der Waals surface area contributed by atoms with E-state index in [1.807, 2.05) is 42.5 Å². The van der Waals surface area contributed by atoms with E-state index in [0.717, 1.165) is 34.5 Å². The van der Waals surface area contributed by atoms with Crippen LogP contribution < -0.4 is 0 Å². The van der Waals surface area contributed by atoms with Crippen molar-refractivity contribution in [2.24, 2.45) is 0 Å². The van der Waals surface area contributed by atoms with Gasteiger partial charge in [0.1, 0.15) is 11.6 Å². The first-order valence-corrected chi connectivity index (χ1v) is 9.21. The monoisotopic (exact) mass is 368 g/mol. The largest absolute Gasteiger partial charge is 0.307 e. The number of halogens is 1. The SMILES string of the molecule is Fc1ccc(-c2nc3nc4ccccc4nc3n2CCc2ccccc2)cc1. The van der Waals surface area contributed by atoms with Crippen molar-refractivity contribution >= 4 is 22.3 Å².